The molecule has 0 radical (unpaired) electrons. The molecule has 0 spiro atoms. The van der Waals surface area contributed by atoms with Crippen LogP contribution in [0, 0.1) is 0 Å². The molecule has 0 aliphatic carbocycles. The van der Waals surface area contributed by atoms with Gasteiger partial charge in [0.15, 0.2) is 0 Å². The fraction of sp³-hybridized carbons (Fsp3) is 1.00. The average Bonchev–Trinajstić information content (AvgIpc) is 2.28. The van der Waals surface area contributed by atoms with Crippen LogP contribution in [0.2, 0.25) is 0 Å². The summed E-state index contributed by atoms with van der Waals surface area (Å²) in [5.74, 6) is 0. The zero-order valence-electron chi connectivity index (χ0n) is 8.52. The summed E-state index contributed by atoms with van der Waals surface area (Å²) in [5, 5.41) is 3.58. The molecule has 1 rings (SSSR count). The number of ether oxygens (including phenoxy) is 1. The van der Waals surface area contributed by atoms with E-state index >= 15 is 0 Å². The number of rotatable bonds is 2. The maximum atomic E-state index is 5.69. The van der Waals surface area contributed by atoms with Gasteiger partial charge in [0.05, 0.1) is 6.10 Å². The molecule has 2 nitrogen and oxygen atoms in total. The van der Waals surface area contributed by atoms with Gasteiger partial charge in [-0.25, -0.2) is 0 Å². The molecule has 0 amide bonds. The molecule has 72 valence electrons. The van der Waals surface area contributed by atoms with Crippen LogP contribution in [0.25, 0.3) is 0 Å². The summed E-state index contributed by atoms with van der Waals surface area (Å²) in [6, 6.07) is 0. The minimum atomic E-state index is 0.309. The Morgan fingerprint density at radius 2 is 2.25 bits per heavy atom. The van der Waals surface area contributed by atoms with Crippen molar-refractivity contribution in [2.24, 2.45) is 0 Å². The molecule has 1 aliphatic rings. The molecule has 0 aromatic rings. The summed E-state index contributed by atoms with van der Waals surface area (Å²) in [4.78, 5) is 0. The van der Waals surface area contributed by atoms with Crippen molar-refractivity contribution in [3.05, 3.63) is 0 Å². The van der Waals surface area contributed by atoms with E-state index in [0.717, 1.165) is 26.0 Å². The smallest absolute Gasteiger partial charge is 0.0697 e. The third-order valence-corrected chi connectivity index (χ3v) is 3.00. The number of nitrogens with one attached hydrogen (secondary N) is 1. The van der Waals surface area contributed by atoms with Crippen LogP contribution in [-0.4, -0.2) is 24.8 Å². The second-order valence-electron chi connectivity index (χ2n) is 3.95. The van der Waals surface area contributed by atoms with Crippen LogP contribution >= 0.6 is 0 Å². The summed E-state index contributed by atoms with van der Waals surface area (Å²) < 4.78 is 5.69. The van der Waals surface area contributed by atoms with Crippen LogP contribution in [0.4, 0.5) is 0 Å². The van der Waals surface area contributed by atoms with Crippen molar-refractivity contribution < 1.29 is 4.74 Å². The lowest BCUT2D eigenvalue weighted by atomic mass is 9.95. The highest BCUT2D eigenvalue weighted by Crippen LogP contribution is 2.18. The molecule has 0 aromatic carbocycles. The van der Waals surface area contributed by atoms with Crippen LogP contribution in [0.5, 0.6) is 0 Å². The fourth-order valence-electron chi connectivity index (χ4n) is 1.52. The number of hydrogen-bond acceptors (Lipinski definition) is 2. The Labute approximate surface area is 75.7 Å². The normalized spacial score (nSPS) is 37.8. The molecular formula is C10H21NO. The first kappa shape index (κ1) is 10.0. The van der Waals surface area contributed by atoms with E-state index in [4.69, 9.17) is 4.74 Å². The van der Waals surface area contributed by atoms with Crippen LogP contribution in [0.15, 0.2) is 0 Å². The van der Waals surface area contributed by atoms with Crippen LogP contribution < -0.4 is 5.32 Å². The van der Waals surface area contributed by atoms with Crippen molar-refractivity contribution >= 4 is 0 Å². The minimum Gasteiger partial charge on any atom is -0.377 e. The lowest BCUT2D eigenvalue weighted by molar-refractivity contribution is 0.0632. The van der Waals surface area contributed by atoms with Gasteiger partial charge in [-0.3, -0.25) is 0 Å². The highest BCUT2D eigenvalue weighted by atomic mass is 16.5. The van der Waals surface area contributed by atoms with E-state index in [2.05, 4.69) is 26.1 Å². The Kier molecular flexibility index (Phi) is 3.53. The van der Waals surface area contributed by atoms with Crippen molar-refractivity contribution in [3.8, 4) is 0 Å². The Morgan fingerprint density at radius 3 is 2.83 bits per heavy atom. The molecule has 0 bridgehead atoms. The van der Waals surface area contributed by atoms with Crippen molar-refractivity contribution in [2.75, 3.05) is 13.2 Å². The van der Waals surface area contributed by atoms with Crippen molar-refractivity contribution in [3.63, 3.8) is 0 Å². The first-order chi connectivity index (χ1) is 5.70. The predicted molar refractivity (Wildman–Crippen MR) is 51.3 cm³/mol. The molecule has 2 heteroatoms. The van der Waals surface area contributed by atoms with E-state index in [1.807, 2.05) is 0 Å². The highest BCUT2D eigenvalue weighted by Gasteiger charge is 2.25. The molecule has 0 saturated carbocycles. The van der Waals surface area contributed by atoms with Gasteiger partial charge in [-0.05, 0) is 26.2 Å². The average molecular weight is 171 g/mol. The van der Waals surface area contributed by atoms with Crippen molar-refractivity contribution in [1.82, 2.24) is 5.32 Å². The quantitative estimate of drug-likeness (QED) is 0.685. The molecule has 12 heavy (non-hydrogen) atoms. The Morgan fingerprint density at radius 1 is 1.50 bits per heavy atom. The molecule has 1 heterocycles. The van der Waals surface area contributed by atoms with Gasteiger partial charge in [0.2, 0.25) is 0 Å². The molecule has 2 atom stereocenters. The maximum absolute atomic E-state index is 5.69. The maximum Gasteiger partial charge on any atom is 0.0697 e. The molecule has 1 fully saturated rings. The van der Waals surface area contributed by atoms with Crippen molar-refractivity contribution in [1.29, 1.82) is 0 Å². The largest absolute Gasteiger partial charge is 0.377 e. The third-order valence-electron chi connectivity index (χ3n) is 3.00. The van der Waals surface area contributed by atoms with Gasteiger partial charge >= 0.3 is 0 Å². The monoisotopic (exact) mass is 171 g/mol. The topological polar surface area (TPSA) is 21.3 Å². The summed E-state index contributed by atoms with van der Waals surface area (Å²) in [7, 11) is 0. The fourth-order valence-corrected chi connectivity index (χ4v) is 1.52. The predicted octanol–water partition coefficient (Wildman–Crippen LogP) is 1.94. The summed E-state index contributed by atoms with van der Waals surface area (Å²) in [6.07, 6.45) is 3.87. The van der Waals surface area contributed by atoms with Gasteiger partial charge in [0.1, 0.15) is 0 Å². The second-order valence-corrected chi connectivity index (χ2v) is 3.95. The van der Waals surface area contributed by atoms with Crippen molar-refractivity contribution in [2.45, 2.75) is 51.7 Å². The van der Waals surface area contributed by atoms with Crippen LogP contribution in [-0.2, 0) is 4.74 Å². The zero-order chi connectivity index (χ0) is 9.03. The van der Waals surface area contributed by atoms with Gasteiger partial charge in [-0.1, -0.05) is 13.8 Å². The Balaban J connectivity index is 2.44. The van der Waals surface area contributed by atoms with Crippen LogP contribution in [0.1, 0.15) is 40.0 Å². The lowest BCUT2D eigenvalue weighted by Crippen LogP contribution is -2.43. The third kappa shape index (κ3) is 2.46. The molecule has 0 aromatic heterocycles. The van der Waals surface area contributed by atoms with Gasteiger partial charge in [-0.15, -0.1) is 0 Å². The van der Waals surface area contributed by atoms with Gasteiger partial charge < -0.3 is 10.1 Å². The molecule has 1 aliphatic heterocycles. The first-order valence-corrected chi connectivity index (χ1v) is 5.07. The Hall–Kier alpha value is -0.0800. The Bertz CT molecular complexity index is 138. The van der Waals surface area contributed by atoms with Crippen LogP contribution in [0.3, 0.4) is 0 Å². The summed E-state index contributed by atoms with van der Waals surface area (Å²) in [6.45, 7) is 8.63. The molecular weight excluding hydrogens is 150 g/mol. The first-order valence-electron chi connectivity index (χ1n) is 5.07. The minimum absolute atomic E-state index is 0.309. The van der Waals surface area contributed by atoms with E-state index in [1.165, 1.54) is 6.42 Å². The van der Waals surface area contributed by atoms with Gasteiger partial charge in [0.25, 0.3) is 0 Å². The van der Waals surface area contributed by atoms with E-state index in [-0.39, 0.29) is 0 Å². The van der Waals surface area contributed by atoms with E-state index in [1.54, 1.807) is 0 Å². The highest BCUT2D eigenvalue weighted by molar-refractivity contribution is 4.84. The molecule has 2 unspecified atom stereocenters. The van der Waals surface area contributed by atoms with E-state index < -0.39 is 0 Å². The van der Waals surface area contributed by atoms with Gasteiger partial charge in [-0.2, -0.15) is 0 Å². The summed E-state index contributed by atoms with van der Waals surface area (Å²) >= 11 is 0. The van der Waals surface area contributed by atoms with E-state index in [0.29, 0.717) is 11.6 Å². The summed E-state index contributed by atoms with van der Waals surface area (Å²) in [5.41, 5.74) is 0.309. The standard InChI is InChI=1S/C10H21NO/c1-4-9-8-11-10(3,5-2)6-7-12-9/h9,11H,4-8H2,1-3H3. The lowest BCUT2D eigenvalue weighted by Gasteiger charge is -2.27. The SMILES string of the molecule is CCC1CNC(C)(CC)CCO1. The van der Waals surface area contributed by atoms with E-state index in [9.17, 15) is 0 Å². The zero-order valence-corrected chi connectivity index (χ0v) is 8.52. The molecule has 1 saturated heterocycles. The number of hydrogen-bond donors (Lipinski definition) is 1. The second kappa shape index (κ2) is 4.24. The molecule has 1 N–H and O–H groups in total. The van der Waals surface area contributed by atoms with Gasteiger partial charge in [0, 0.05) is 18.7 Å².